The molecule has 4 heterocycles. The predicted molar refractivity (Wildman–Crippen MR) is 134 cm³/mol. The first kappa shape index (κ1) is 20.8. The summed E-state index contributed by atoms with van der Waals surface area (Å²) < 4.78 is 3.66. The lowest BCUT2D eigenvalue weighted by atomic mass is 10.1. The van der Waals surface area contributed by atoms with Crippen LogP contribution in [0.25, 0.3) is 33.3 Å². The fraction of sp³-hybridized carbons (Fsp3) is 0.185. The molecule has 0 aliphatic carbocycles. The van der Waals surface area contributed by atoms with Crippen LogP contribution in [0, 0.1) is 13.8 Å². The highest BCUT2D eigenvalue weighted by atomic mass is 35.5. The molecule has 0 saturated carbocycles. The standard InChI is InChI=1S/C27H21ClN4O2/c1-4-21-30-23-14(2)11-15(3)29-26(23)31(21)13-16-9-10-20-19(12-16)25(33)22(28)24-17-7-5-6-8-18(17)27(34)32(20)24/h5-12H,4,13H2,1-3H3. The Morgan fingerprint density at radius 2 is 1.74 bits per heavy atom. The van der Waals surface area contributed by atoms with Crippen molar-refractivity contribution in [3.63, 3.8) is 0 Å². The Kier molecular flexibility index (Phi) is 4.51. The fourth-order valence-electron chi connectivity index (χ4n) is 5.02. The highest BCUT2D eigenvalue weighted by Gasteiger charge is 2.31. The maximum atomic E-state index is 13.3. The summed E-state index contributed by atoms with van der Waals surface area (Å²) in [5, 5.41) is 0.494. The number of hydrogen-bond acceptors (Lipinski definition) is 4. The molecule has 0 amide bonds. The summed E-state index contributed by atoms with van der Waals surface area (Å²) in [6.07, 6.45) is 0.761. The molecular formula is C27H21ClN4O2. The van der Waals surface area contributed by atoms with Crippen LogP contribution >= 0.6 is 11.6 Å². The smallest absolute Gasteiger partial charge is 0.263 e. The first-order chi connectivity index (χ1) is 16.4. The molecule has 0 saturated heterocycles. The van der Waals surface area contributed by atoms with Crippen LogP contribution in [0.15, 0.2) is 53.3 Å². The van der Waals surface area contributed by atoms with Crippen molar-refractivity contribution < 1.29 is 4.79 Å². The lowest BCUT2D eigenvalue weighted by molar-refractivity contribution is 0.0973. The van der Waals surface area contributed by atoms with Crippen molar-refractivity contribution in [2.24, 2.45) is 0 Å². The Balaban J connectivity index is 1.54. The third-order valence-electron chi connectivity index (χ3n) is 6.55. The topological polar surface area (TPSA) is 69.8 Å². The van der Waals surface area contributed by atoms with Gasteiger partial charge in [0.1, 0.15) is 16.4 Å². The van der Waals surface area contributed by atoms with E-state index in [4.69, 9.17) is 21.6 Å². The molecule has 1 aliphatic rings. The summed E-state index contributed by atoms with van der Waals surface area (Å²) in [4.78, 5) is 36.0. The van der Waals surface area contributed by atoms with E-state index < -0.39 is 0 Å². The number of fused-ring (bicyclic) bond motifs is 6. The third kappa shape index (κ3) is 2.82. The molecule has 0 N–H and O–H groups in total. The largest absolute Gasteiger partial charge is 0.308 e. The fourth-order valence-corrected chi connectivity index (χ4v) is 5.30. The minimum atomic E-state index is -0.273. The number of aromatic nitrogens is 4. The normalized spacial score (nSPS) is 12.5. The molecular weight excluding hydrogens is 448 g/mol. The SMILES string of the molecule is CCc1nc2c(C)cc(C)nc2n1Cc1ccc2c(c1)c(=O)c(Cl)c1n2C(=O)c2ccccc2-1. The number of aryl methyl sites for hydroxylation is 3. The van der Waals surface area contributed by atoms with Crippen LogP contribution in [0.3, 0.4) is 0 Å². The van der Waals surface area contributed by atoms with Gasteiger partial charge >= 0.3 is 0 Å². The maximum Gasteiger partial charge on any atom is 0.263 e. The number of nitrogens with zero attached hydrogens (tertiary/aromatic N) is 4. The lowest BCUT2D eigenvalue weighted by Crippen LogP contribution is -2.15. The summed E-state index contributed by atoms with van der Waals surface area (Å²) in [7, 11) is 0. The molecule has 5 aromatic rings. The number of hydrogen-bond donors (Lipinski definition) is 0. The van der Waals surface area contributed by atoms with E-state index in [0.29, 0.717) is 34.3 Å². The van der Waals surface area contributed by atoms with E-state index in [1.165, 1.54) is 0 Å². The van der Waals surface area contributed by atoms with Crippen LogP contribution in [0.2, 0.25) is 5.02 Å². The molecule has 168 valence electrons. The van der Waals surface area contributed by atoms with Crippen LogP contribution in [0.1, 0.15) is 39.9 Å². The molecule has 6 rings (SSSR count). The van der Waals surface area contributed by atoms with E-state index in [-0.39, 0.29) is 16.4 Å². The van der Waals surface area contributed by atoms with Crippen molar-refractivity contribution in [1.29, 1.82) is 0 Å². The zero-order chi connectivity index (χ0) is 23.7. The Bertz CT molecular complexity index is 1750. The maximum absolute atomic E-state index is 13.3. The van der Waals surface area contributed by atoms with Crippen molar-refractivity contribution >= 4 is 39.6 Å². The number of imidazole rings is 1. The number of halogens is 1. The molecule has 0 radical (unpaired) electrons. The van der Waals surface area contributed by atoms with Gasteiger partial charge in [0.15, 0.2) is 5.65 Å². The van der Waals surface area contributed by atoms with Crippen LogP contribution < -0.4 is 5.43 Å². The van der Waals surface area contributed by atoms with Gasteiger partial charge in [-0.05, 0) is 49.2 Å². The van der Waals surface area contributed by atoms with Crippen molar-refractivity contribution in [1.82, 2.24) is 19.1 Å². The first-order valence-corrected chi connectivity index (χ1v) is 11.6. The van der Waals surface area contributed by atoms with Crippen molar-refractivity contribution in [2.75, 3.05) is 0 Å². The average molecular weight is 469 g/mol. The minimum absolute atomic E-state index is 0.0678. The second kappa shape index (κ2) is 7.37. The monoisotopic (exact) mass is 468 g/mol. The van der Waals surface area contributed by atoms with Gasteiger partial charge in [-0.2, -0.15) is 0 Å². The van der Waals surface area contributed by atoms with Crippen molar-refractivity contribution in [3.8, 4) is 11.3 Å². The summed E-state index contributed by atoms with van der Waals surface area (Å²) >= 11 is 6.56. The van der Waals surface area contributed by atoms with Crippen LogP contribution in [-0.2, 0) is 13.0 Å². The number of carbonyl (C=O) groups excluding carboxylic acids is 1. The van der Waals surface area contributed by atoms with E-state index in [2.05, 4.69) is 11.5 Å². The lowest BCUT2D eigenvalue weighted by Gasteiger charge is -2.13. The molecule has 0 bridgehead atoms. The number of benzene rings is 2. The van der Waals surface area contributed by atoms with Gasteiger partial charge in [-0.3, -0.25) is 14.2 Å². The molecule has 0 fully saturated rings. The Labute approximate surface area is 200 Å². The molecule has 7 heteroatoms. The van der Waals surface area contributed by atoms with Crippen molar-refractivity contribution in [3.05, 3.63) is 92.0 Å². The number of pyridine rings is 2. The Morgan fingerprint density at radius 3 is 2.50 bits per heavy atom. The van der Waals surface area contributed by atoms with E-state index in [0.717, 1.165) is 40.2 Å². The van der Waals surface area contributed by atoms with Gasteiger partial charge in [0.2, 0.25) is 5.43 Å². The molecule has 0 unspecified atom stereocenters. The molecule has 34 heavy (non-hydrogen) atoms. The Hall–Kier alpha value is -3.77. The zero-order valence-electron chi connectivity index (χ0n) is 19.0. The molecule has 0 atom stereocenters. The quantitative estimate of drug-likeness (QED) is 0.353. The number of carbonyl (C=O) groups is 1. The van der Waals surface area contributed by atoms with E-state index in [1.807, 2.05) is 56.3 Å². The van der Waals surface area contributed by atoms with Gasteiger partial charge in [-0.25, -0.2) is 9.97 Å². The molecule has 2 aromatic carbocycles. The second-order valence-corrected chi connectivity index (χ2v) is 9.13. The number of rotatable bonds is 3. The molecule has 6 nitrogen and oxygen atoms in total. The van der Waals surface area contributed by atoms with E-state index in [1.54, 1.807) is 10.6 Å². The first-order valence-electron chi connectivity index (χ1n) is 11.2. The molecule has 3 aromatic heterocycles. The van der Waals surface area contributed by atoms with Gasteiger partial charge in [0.05, 0.1) is 17.8 Å². The highest BCUT2D eigenvalue weighted by Crippen LogP contribution is 2.38. The Morgan fingerprint density at radius 1 is 0.971 bits per heavy atom. The van der Waals surface area contributed by atoms with Gasteiger partial charge in [-0.1, -0.05) is 42.8 Å². The summed E-state index contributed by atoms with van der Waals surface area (Å²) in [6, 6.07) is 14.9. The van der Waals surface area contributed by atoms with Crippen LogP contribution in [0.4, 0.5) is 0 Å². The van der Waals surface area contributed by atoms with Crippen LogP contribution in [0.5, 0.6) is 0 Å². The molecule has 0 spiro atoms. The van der Waals surface area contributed by atoms with Crippen LogP contribution in [-0.4, -0.2) is 25.0 Å². The van der Waals surface area contributed by atoms with Gasteiger partial charge in [0, 0.05) is 28.6 Å². The molecule has 1 aliphatic heterocycles. The second-order valence-electron chi connectivity index (χ2n) is 8.75. The van der Waals surface area contributed by atoms with Gasteiger partial charge in [0.25, 0.3) is 5.91 Å². The van der Waals surface area contributed by atoms with Gasteiger partial charge in [-0.15, -0.1) is 0 Å². The van der Waals surface area contributed by atoms with Gasteiger partial charge < -0.3 is 4.57 Å². The summed E-state index contributed by atoms with van der Waals surface area (Å²) in [5.41, 5.74) is 6.67. The van der Waals surface area contributed by atoms with E-state index >= 15 is 0 Å². The highest BCUT2D eigenvalue weighted by molar-refractivity contribution is 6.35. The minimum Gasteiger partial charge on any atom is -0.308 e. The predicted octanol–water partition coefficient (Wildman–Crippen LogP) is 5.30. The third-order valence-corrected chi connectivity index (χ3v) is 6.90. The summed E-state index contributed by atoms with van der Waals surface area (Å²) in [6.45, 7) is 6.60. The van der Waals surface area contributed by atoms with E-state index in [9.17, 15) is 9.59 Å². The zero-order valence-corrected chi connectivity index (χ0v) is 19.8. The average Bonchev–Trinajstić information content (AvgIpc) is 3.33. The summed E-state index contributed by atoms with van der Waals surface area (Å²) in [5.74, 6) is 0.764. The van der Waals surface area contributed by atoms with Crippen molar-refractivity contribution in [2.45, 2.75) is 33.7 Å².